The fraction of sp³-hybridized carbons (Fsp3) is 0.474. The van der Waals surface area contributed by atoms with Crippen molar-refractivity contribution in [2.75, 3.05) is 27.2 Å². The van der Waals surface area contributed by atoms with Crippen molar-refractivity contribution in [3.05, 3.63) is 42.2 Å². The topological polar surface area (TPSA) is 72.7 Å². The molecule has 1 aromatic heterocycles. The van der Waals surface area contributed by atoms with Crippen LogP contribution in [0.2, 0.25) is 0 Å². The number of rotatable bonds is 9. The van der Waals surface area contributed by atoms with Crippen molar-refractivity contribution >= 4 is 29.9 Å². The van der Waals surface area contributed by atoms with E-state index in [0.29, 0.717) is 6.54 Å². The van der Waals surface area contributed by atoms with E-state index in [4.69, 9.17) is 9.47 Å². The smallest absolute Gasteiger partial charge is 0.191 e. The van der Waals surface area contributed by atoms with Crippen molar-refractivity contribution in [1.82, 2.24) is 20.4 Å². The molecule has 1 atom stereocenters. The van der Waals surface area contributed by atoms with Crippen molar-refractivity contribution in [2.45, 2.75) is 25.9 Å². The molecule has 8 heteroatoms. The first kappa shape index (κ1) is 23.1. The average molecular weight is 487 g/mol. The number of halogens is 1. The van der Waals surface area contributed by atoms with Crippen LogP contribution in [0, 0.1) is 0 Å². The van der Waals surface area contributed by atoms with Crippen molar-refractivity contribution in [2.24, 2.45) is 12.0 Å². The molecule has 0 saturated carbocycles. The summed E-state index contributed by atoms with van der Waals surface area (Å²) in [5, 5.41) is 10.8. The summed E-state index contributed by atoms with van der Waals surface area (Å²) in [4.78, 5) is 4.25. The number of hydrogen-bond donors (Lipinski definition) is 2. The van der Waals surface area contributed by atoms with Gasteiger partial charge in [-0.15, -0.1) is 24.0 Å². The molecule has 7 nitrogen and oxygen atoms in total. The van der Waals surface area contributed by atoms with Crippen molar-refractivity contribution < 1.29 is 9.47 Å². The first-order chi connectivity index (χ1) is 12.6. The Hall–Kier alpha value is -1.97. The lowest BCUT2D eigenvalue weighted by Crippen LogP contribution is -2.42. The molecular formula is C19H30IN5O2. The van der Waals surface area contributed by atoms with E-state index in [1.165, 1.54) is 5.56 Å². The van der Waals surface area contributed by atoms with Crippen LogP contribution < -0.4 is 20.1 Å². The number of nitrogens with one attached hydrogen (secondary N) is 2. The number of aromatic nitrogens is 2. The zero-order chi connectivity index (χ0) is 18.8. The summed E-state index contributed by atoms with van der Waals surface area (Å²) in [6, 6.07) is 7.64. The van der Waals surface area contributed by atoms with Gasteiger partial charge < -0.3 is 20.1 Å². The maximum absolute atomic E-state index is 5.94. The van der Waals surface area contributed by atoms with Crippen LogP contribution in [0.1, 0.15) is 18.9 Å². The van der Waals surface area contributed by atoms with Crippen LogP contribution in [0.5, 0.6) is 11.5 Å². The molecule has 0 saturated heterocycles. The Balaban J connectivity index is 0.00000364. The van der Waals surface area contributed by atoms with E-state index >= 15 is 0 Å². The summed E-state index contributed by atoms with van der Waals surface area (Å²) in [6.45, 7) is 3.49. The predicted molar refractivity (Wildman–Crippen MR) is 119 cm³/mol. The Kier molecular flexibility index (Phi) is 10.6. The van der Waals surface area contributed by atoms with Gasteiger partial charge in [-0.1, -0.05) is 12.1 Å². The second kappa shape index (κ2) is 12.4. The van der Waals surface area contributed by atoms with Crippen LogP contribution in [0.25, 0.3) is 0 Å². The summed E-state index contributed by atoms with van der Waals surface area (Å²) in [7, 11) is 5.34. The van der Waals surface area contributed by atoms with E-state index in [1.54, 1.807) is 14.2 Å². The minimum Gasteiger partial charge on any atom is -0.493 e. The van der Waals surface area contributed by atoms with E-state index in [2.05, 4.69) is 20.7 Å². The fourth-order valence-corrected chi connectivity index (χ4v) is 2.54. The van der Waals surface area contributed by atoms with Gasteiger partial charge in [0.05, 0.1) is 19.9 Å². The number of hydrogen-bond acceptors (Lipinski definition) is 4. The largest absolute Gasteiger partial charge is 0.493 e. The van der Waals surface area contributed by atoms with Crippen LogP contribution in [-0.4, -0.2) is 49.1 Å². The third-order valence-electron chi connectivity index (χ3n) is 3.87. The van der Waals surface area contributed by atoms with E-state index < -0.39 is 0 Å². The molecule has 2 aromatic rings. The van der Waals surface area contributed by atoms with Crippen LogP contribution in [0.15, 0.2) is 41.7 Å². The van der Waals surface area contributed by atoms with Gasteiger partial charge in [0.15, 0.2) is 17.5 Å². The average Bonchev–Trinajstić information content (AvgIpc) is 3.06. The highest BCUT2D eigenvalue weighted by molar-refractivity contribution is 14.0. The molecule has 150 valence electrons. The highest BCUT2D eigenvalue weighted by atomic mass is 127. The van der Waals surface area contributed by atoms with E-state index in [1.807, 2.05) is 55.3 Å². The molecule has 1 heterocycles. The molecule has 0 bridgehead atoms. The molecule has 1 aromatic carbocycles. The first-order valence-electron chi connectivity index (χ1n) is 8.84. The lowest BCUT2D eigenvalue weighted by atomic mass is 10.2. The summed E-state index contributed by atoms with van der Waals surface area (Å²) < 4.78 is 13.1. The van der Waals surface area contributed by atoms with Gasteiger partial charge in [-0.05, 0) is 37.5 Å². The molecule has 2 rings (SSSR count). The molecule has 0 aliphatic rings. The van der Waals surface area contributed by atoms with E-state index in [9.17, 15) is 0 Å². The van der Waals surface area contributed by atoms with Crippen LogP contribution in [0.3, 0.4) is 0 Å². The standard InChI is InChI=1S/C19H29N5O2.HI/c1-15(26-18-10-6-5-9-17(18)25-4)12-22-19(20-2)21-11-7-8-16-13-23-24(3)14-16;/h5-6,9-10,13-15H,7-8,11-12H2,1-4H3,(H2,20,21,22);1H. The Morgan fingerprint density at radius 1 is 1.26 bits per heavy atom. The first-order valence-corrected chi connectivity index (χ1v) is 8.84. The highest BCUT2D eigenvalue weighted by Gasteiger charge is 2.09. The van der Waals surface area contributed by atoms with Gasteiger partial charge in [0.2, 0.25) is 0 Å². The minimum atomic E-state index is -0.0276. The molecule has 1 unspecified atom stereocenters. The van der Waals surface area contributed by atoms with Crippen molar-refractivity contribution in [3.63, 3.8) is 0 Å². The van der Waals surface area contributed by atoms with E-state index in [0.717, 1.165) is 36.8 Å². The van der Waals surface area contributed by atoms with Gasteiger partial charge in [-0.3, -0.25) is 9.67 Å². The number of methoxy groups -OCH3 is 1. The van der Waals surface area contributed by atoms with Gasteiger partial charge >= 0.3 is 0 Å². The lowest BCUT2D eigenvalue weighted by Gasteiger charge is -2.19. The monoisotopic (exact) mass is 487 g/mol. The number of nitrogens with zero attached hydrogens (tertiary/aromatic N) is 3. The Morgan fingerprint density at radius 3 is 2.63 bits per heavy atom. The molecule has 2 N–H and O–H groups in total. The van der Waals surface area contributed by atoms with Crippen LogP contribution in [-0.2, 0) is 13.5 Å². The molecule has 0 radical (unpaired) electrons. The predicted octanol–water partition coefficient (Wildman–Crippen LogP) is 2.61. The van der Waals surface area contributed by atoms with E-state index in [-0.39, 0.29) is 30.1 Å². The normalized spacial score (nSPS) is 12.1. The third kappa shape index (κ3) is 8.06. The molecule has 27 heavy (non-hydrogen) atoms. The summed E-state index contributed by atoms with van der Waals surface area (Å²) in [5.74, 6) is 2.24. The van der Waals surface area contributed by atoms with Gasteiger partial charge in [-0.25, -0.2) is 0 Å². The molecule has 0 aliphatic heterocycles. The number of benzene rings is 1. The fourth-order valence-electron chi connectivity index (χ4n) is 2.54. The SMILES string of the molecule is CN=C(NCCCc1cnn(C)c1)NCC(C)Oc1ccccc1OC.I. The maximum atomic E-state index is 5.94. The quantitative estimate of drug-likeness (QED) is 0.246. The number of aryl methyl sites for hydroxylation is 2. The minimum absolute atomic E-state index is 0. The zero-order valence-corrected chi connectivity index (χ0v) is 18.8. The van der Waals surface area contributed by atoms with Gasteiger partial charge in [0, 0.05) is 26.8 Å². The maximum Gasteiger partial charge on any atom is 0.191 e. The Labute approximate surface area is 178 Å². The molecule has 0 spiro atoms. The Bertz CT molecular complexity index is 705. The Morgan fingerprint density at radius 2 is 2.00 bits per heavy atom. The molecular weight excluding hydrogens is 457 g/mol. The molecule has 0 aliphatic carbocycles. The second-order valence-corrected chi connectivity index (χ2v) is 6.09. The van der Waals surface area contributed by atoms with Gasteiger partial charge in [0.1, 0.15) is 6.10 Å². The summed E-state index contributed by atoms with van der Waals surface area (Å²) in [6.07, 6.45) is 5.93. The van der Waals surface area contributed by atoms with Crippen molar-refractivity contribution in [3.8, 4) is 11.5 Å². The summed E-state index contributed by atoms with van der Waals surface area (Å²) in [5.41, 5.74) is 1.25. The number of aliphatic imine (C=N–C) groups is 1. The van der Waals surface area contributed by atoms with Gasteiger partial charge in [0.25, 0.3) is 0 Å². The van der Waals surface area contributed by atoms with Crippen LogP contribution >= 0.6 is 24.0 Å². The summed E-state index contributed by atoms with van der Waals surface area (Å²) >= 11 is 0. The zero-order valence-electron chi connectivity index (χ0n) is 16.4. The number of para-hydroxylation sites is 2. The number of ether oxygens (including phenoxy) is 2. The lowest BCUT2D eigenvalue weighted by molar-refractivity contribution is 0.213. The molecule has 0 amide bonds. The third-order valence-corrected chi connectivity index (χ3v) is 3.87. The number of guanidine groups is 1. The van der Waals surface area contributed by atoms with Crippen molar-refractivity contribution in [1.29, 1.82) is 0 Å². The van der Waals surface area contributed by atoms with Gasteiger partial charge in [-0.2, -0.15) is 5.10 Å². The van der Waals surface area contributed by atoms with Crippen LogP contribution in [0.4, 0.5) is 0 Å². The molecule has 0 fully saturated rings. The second-order valence-electron chi connectivity index (χ2n) is 6.09. The highest BCUT2D eigenvalue weighted by Crippen LogP contribution is 2.26.